The van der Waals surface area contributed by atoms with Crippen molar-refractivity contribution in [1.82, 2.24) is 4.90 Å². The van der Waals surface area contributed by atoms with Crippen LogP contribution in [-0.4, -0.2) is 63.9 Å². The molecule has 0 amide bonds. The zero-order valence-corrected chi connectivity index (χ0v) is 38.1. The van der Waals surface area contributed by atoms with Gasteiger partial charge in [-0.3, -0.25) is 9.59 Å². The van der Waals surface area contributed by atoms with E-state index in [1.807, 2.05) is 0 Å². The summed E-state index contributed by atoms with van der Waals surface area (Å²) in [6.07, 6.45) is 39.1. The first kappa shape index (κ1) is 53.9. The molecule has 0 fully saturated rings. The lowest BCUT2D eigenvalue weighted by molar-refractivity contribution is -0.146. The van der Waals surface area contributed by atoms with Gasteiger partial charge in [0.25, 0.3) is 0 Å². The molecule has 0 aromatic rings. The third kappa shape index (κ3) is 39.5. The molecule has 328 valence electrons. The van der Waals surface area contributed by atoms with Crippen molar-refractivity contribution >= 4 is 11.9 Å². The van der Waals surface area contributed by atoms with Gasteiger partial charge in [-0.15, -0.1) is 0 Å². The lowest BCUT2D eigenvalue weighted by Gasteiger charge is -2.18. The van der Waals surface area contributed by atoms with Crippen molar-refractivity contribution in [1.29, 1.82) is 0 Å². The van der Waals surface area contributed by atoms with Crippen molar-refractivity contribution in [2.24, 2.45) is 17.8 Å². The topological polar surface area (TPSA) is 65.1 Å². The predicted molar refractivity (Wildman–Crippen MR) is 237 cm³/mol. The highest BCUT2D eigenvalue weighted by molar-refractivity contribution is 5.70. The molecule has 0 spiro atoms. The predicted octanol–water partition coefficient (Wildman–Crippen LogP) is 14.5. The van der Waals surface area contributed by atoms with Crippen molar-refractivity contribution in [3.63, 3.8) is 0 Å². The molecule has 0 radical (unpaired) electrons. The fourth-order valence-electron chi connectivity index (χ4n) is 7.92. The van der Waals surface area contributed by atoms with E-state index in [1.165, 1.54) is 167 Å². The number of unbranched alkanes of at least 4 members (excludes halogenated alkanes) is 18. The van der Waals surface area contributed by atoms with Crippen LogP contribution in [0.2, 0.25) is 0 Å². The number of hydrogen-bond acceptors (Lipinski definition) is 6. The maximum absolute atomic E-state index is 12.5. The number of esters is 2. The van der Waals surface area contributed by atoms with Gasteiger partial charge in [0.2, 0.25) is 0 Å². The summed E-state index contributed by atoms with van der Waals surface area (Å²) in [5.74, 6) is 1.74. The molecular formula is C49H97NO5. The zero-order valence-electron chi connectivity index (χ0n) is 38.1. The Morgan fingerprint density at radius 2 is 0.727 bits per heavy atom. The first-order chi connectivity index (χ1) is 26.9. The van der Waals surface area contributed by atoms with Crippen LogP contribution in [0, 0.1) is 17.8 Å². The Bertz CT molecular complexity index is 728. The molecule has 0 N–H and O–H groups in total. The molecule has 0 unspecified atom stereocenters. The van der Waals surface area contributed by atoms with Crippen LogP contribution in [0.4, 0.5) is 0 Å². The first-order valence-electron chi connectivity index (χ1n) is 24.4. The van der Waals surface area contributed by atoms with Crippen molar-refractivity contribution < 1.29 is 23.8 Å². The van der Waals surface area contributed by atoms with Crippen molar-refractivity contribution in [2.45, 2.75) is 240 Å². The van der Waals surface area contributed by atoms with E-state index < -0.39 is 0 Å². The largest absolute Gasteiger partial charge is 0.466 e. The van der Waals surface area contributed by atoms with Gasteiger partial charge in [0, 0.05) is 26.1 Å². The van der Waals surface area contributed by atoms with Crippen LogP contribution in [-0.2, 0) is 23.8 Å². The molecule has 0 saturated heterocycles. The van der Waals surface area contributed by atoms with Crippen molar-refractivity contribution in [3.05, 3.63) is 0 Å². The Hall–Kier alpha value is -1.14. The van der Waals surface area contributed by atoms with Crippen LogP contribution >= 0.6 is 0 Å². The van der Waals surface area contributed by atoms with Crippen LogP contribution in [0.15, 0.2) is 0 Å². The van der Waals surface area contributed by atoms with Crippen LogP contribution in [0.3, 0.4) is 0 Å². The normalized spacial score (nSPS) is 11.8. The summed E-state index contributed by atoms with van der Waals surface area (Å²) in [7, 11) is 4.26. The van der Waals surface area contributed by atoms with Gasteiger partial charge in [0.05, 0.1) is 13.2 Å². The molecule has 55 heavy (non-hydrogen) atoms. The molecule has 0 aliphatic rings. The second kappa shape index (κ2) is 42.5. The van der Waals surface area contributed by atoms with Crippen molar-refractivity contribution in [3.8, 4) is 0 Å². The number of carbonyl (C=O) groups is 2. The highest BCUT2D eigenvalue weighted by Gasteiger charge is 2.16. The third-order valence-electron chi connectivity index (χ3n) is 11.6. The molecule has 0 bridgehead atoms. The minimum Gasteiger partial charge on any atom is -0.466 e. The highest BCUT2D eigenvalue weighted by atomic mass is 16.5. The number of ether oxygens (including phenoxy) is 3. The summed E-state index contributed by atoms with van der Waals surface area (Å²) in [4.78, 5) is 27.3. The summed E-state index contributed by atoms with van der Waals surface area (Å²) in [6, 6.07) is 0. The minimum atomic E-state index is 0.0281. The van der Waals surface area contributed by atoms with Gasteiger partial charge in [-0.05, 0) is 96.2 Å². The standard InChI is InChI=1S/C49H97NO5/c1-7-11-23-32-45(33-24-12-8-2)42-48(51)54-40-29-21-17-15-19-27-36-47(44-53-39-31-38-50(5)6)37-28-20-16-18-22-30-41-55-49(52)43-46(34-25-13-9-3)35-26-14-10-4/h45-47H,7-44H2,1-6H3. The molecule has 0 saturated carbocycles. The monoisotopic (exact) mass is 780 g/mol. The summed E-state index contributed by atoms with van der Waals surface area (Å²) < 4.78 is 17.5. The second-order valence-corrected chi connectivity index (χ2v) is 17.5. The van der Waals surface area contributed by atoms with Gasteiger partial charge in [-0.25, -0.2) is 0 Å². The van der Waals surface area contributed by atoms with Gasteiger partial charge in [-0.1, -0.05) is 169 Å². The molecule has 0 aliphatic heterocycles. The molecule has 6 nitrogen and oxygen atoms in total. The van der Waals surface area contributed by atoms with E-state index in [2.05, 4.69) is 46.7 Å². The summed E-state index contributed by atoms with van der Waals surface area (Å²) in [5.41, 5.74) is 0. The fourth-order valence-corrected chi connectivity index (χ4v) is 7.92. The Labute approximate surface area is 344 Å². The Morgan fingerprint density at radius 1 is 0.400 bits per heavy atom. The quantitative estimate of drug-likeness (QED) is 0.0453. The van der Waals surface area contributed by atoms with E-state index in [4.69, 9.17) is 14.2 Å². The van der Waals surface area contributed by atoms with Gasteiger partial charge >= 0.3 is 11.9 Å². The van der Waals surface area contributed by atoms with E-state index in [9.17, 15) is 9.59 Å². The summed E-state index contributed by atoms with van der Waals surface area (Å²) in [6.45, 7) is 13.0. The molecule has 0 aliphatic carbocycles. The van der Waals surface area contributed by atoms with Crippen LogP contribution in [0.1, 0.15) is 240 Å². The average molecular weight is 780 g/mol. The van der Waals surface area contributed by atoms with Crippen LogP contribution < -0.4 is 0 Å². The maximum atomic E-state index is 12.5. The Balaban J connectivity index is 4.20. The van der Waals surface area contributed by atoms with E-state index in [0.29, 0.717) is 43.8 Å². The van der Waals surface area contributed by atoms with Crippen molar-refractivity contribution in [2.75, 3.05) is 47.1 Å². The molecule has 0 atom stereocenters. The molecule has 6 heteroatoms. The molecule has 0 heterocycles. The number of nitrogens with zero attached hydrogens (tertiary/aromatic N) is 1. The first-order valence-corrected chi connectivity index (χ1v) is 24.4. The van der Waals surface area contributed by atoms with Gasteiger partial charge in [-0.2, -0.15) is 0 Å². The molecule has 0 aromatic carbocycles. The van der Waals surface area contributed by atoms with Gasteiger partial charge in [0.15, 0.2) is 0 Å². The van der Waals surface area contributed by atoms with E-state index in [1.54, 1.807) is 0 Å². The SMILES string of the molecule is CCCCCC(CCCCC)CC(=O)OCCCCCCCCC(CCCCCCCCOC(=O)CC(CCCCC)CCCCC)COCCCN(C)C. The lowest BCUT2D eigenvalue weighted by Crippen LogP contribution is -2.16. The average Bonchev–Trinajstić information content (AvgIpc) is 3.16. The Kier molecular flexibility index (Phi) is 41.6. The third-order valence-corrected chi connectivity index (χ3v) is 11.6. The maximum Gasteiger partial charge on any atom is 0.306 e. The Morgan fingerprint density at radius 3 is 1.09 bits per heavy atom. The van der Waals surface area contributed by atoms with Crippen LogP contribution in [0.5, 0.6) is 0 Å². The van der Waals surface area contributed by atoms with E-state index >= 15 is 0 Å². The van der Waals surface area contributed by atoms with E-state index in [-0.39, 0.29) is 11.9 Å². The van der Waals surface area contributed by atoms with Gasteiger partial charge in [0.1, 0.15) is 0 Å². The van der Waals surface area contributed by atoms with Gasteiger partial charge < -0.3 is 19.1 Å². The zero-order chi connectivity index (χ0) is 40.5. The summed E-state index contributed by atoms with van der Waals surface area (Å²) >= 11 is 0. The molecule has 0 rings (SSSR count). The number of carbonyl (C=O) groups excluding carboxylic acids is 2. The lowest BCUT2D eigenvalue weighted by atomic mass is 9.92. The highest BCUT2D eigenvalue weighted by Crippen LogP contribution is 2.24. The molecule has 0 aromatic heterocycles. The van der Waals surface area contributed by atoms with Crippen LogP contribution in [0.25, 0.3) is 0 Å². The fraction of sp³-hybridized carbons (Fsp3) is 0.959. The minimum absolute atomic E-state index is 0.0281. The smallest absolute Gasteiger partial charge is 0.306 e. The molecular weight excluding hydrogens is 683 g/mol. The number of hydrogen-bond donors (Lipinski definition) is 0. The number of rotatable bonds is 44. The second-order valence-electron chi connectivity index (χ2n) is 17.5. The van der Waals surface area contributed by atoms with E-state index in [0.717, 1.165) is 51.9 Å². The summed E-state index contributed by atoms with van der Waals surface area (Å²) in [5, 5.41) is 0.